The summed E-state index contributed by atoms with van der Waals surface area (Å²) in [5, 5.41) is 4.92. The molecule has 0 spiro atoms. The zero-order valence-electron chi connectivity index (χ0n) is 8.34. The van der Waals surface area contributed by atoms with Gasteiger partial charge in [-0.3, -0.25) is 4.79 Å². The van der Waals surface area contributed by atoms with E-state index in [1.807, 2.05) is 0 Å². The van der Waals surface area contributed by atoms with Crippen molar-refractivity contribution in [1.82, 2.24) is 10.6 Å². The average molecular weight is 200 g/mol. The van der Waals surface area contributed by atoms with Crippen molar-refractivity contribution < 1.29 is 14.3 Å². The molecule has 0 aliphatic carbocycles. The molecule has 0 unspecified atom stereocenters. The topological polar surface area (TPSA) is 67.4 Å². The second-order valence-corrected chi connectivity index (χ2v) is 2.49. The number of ether oxygens (including phenoxy) is 1. The van der Waals surface area contributed by atoms with E-state index in [1.54, 1.807) is 13.0 Å². The Kier molecular flexibility index (Phi) is 7.22. The third kappa shape index (κ3) is 7.15. The second-order valence-electron chi connectivity index (χ2n) is 2.49. The maximum absolute atomic E-state index is 11.0. The van der Waals surface area contributed by atoms with Gasteiger partial charge in [-0.05, 0) is 13.3 Å². The van der Waals surface area contributed by atoms with E-state index in [1.165, 1.54) is 0 Å². The van der Waals surface area contributed by atoms with E-state index >= 15 is 0 Å². The third-order valence-corrected chi connectivity index (χ3v) is 1.33. The molecular formula is C9H16N2O3. The van der Waals surface area contributed by atoms with E-state index in [4.69, 9.17) is 0 Å². The number of hydrogen-bond donors (Lipinski definition) is 2. The number of urea groups is 1. The molecule has 0 heterocycles. The lowest BCUT2D eigenvalue weighted by molar-refractivity contribution is -0.141. The Morgan fingerprint density at radius 3 is 2.71 bits per heavy atom. The number of carbonyl (C=O) groups is 2. The first-order chi connectivity index (χ1) is 6.70. The third-order valence-electron chi connectivity index (χ3n) is 1.33. The van der Waals surface area contributed by atoms with E-state index in [-0.39, 0.29) is 12.6 Å². The lowest BCUT2D eigenvalue weighted by atomic mass is 10.4. The fraction of sp³-hybridized carbons (Fsp3) is 0.556. The van der Waals surface area contributed by atoms with Crippen LogP contribution in [0.15, 0.2) is 12.7 Å². The Morgan fingerprint density at radius 1 is 1.43 bits per heavy atom. The highest BCUT2D eigenvalue weighted by Crippen LogP contribution is 1.77. The summed E-state index contributed by atoms with van der Waals surface area (Å²) >= 11 is 0. The maximum atomic E-state index is 11.0. The molecule has 2 amide bonds. The predicted octanol–water partition coefficient (Wildman–Crippen LogP) is 0.425. The summed E-state index contributed by atoms with van der Waals surface area (Å²) in [6, 6.07) is -0.375. The van der Waals surface area contributed by atoms with Gasteiger partial charge in [-0.25, -0.2) is 4.79 Å². The molecule has 0 atom stereocenters. The minimum absolute atomic E-state index is 0.103. The molecule has 0 aromatic carbocycles. The highest BCUT2D eigenvalue weighted by Gasteiger charge is 2.03. The van der Waals surface area contributed by atoms with Crippen LogP contribution in [0.5, 0.6) is 0 Å². The van der Waals surface area contributed by atoms with E-state index in [2.05, 4.69) is 21.9 Å². The normalized spacial score (nSPS) is 8.93. The molecule has 0 saturated carbocycles. The van der Waals surface area contributed by atoms with E-state index in [9.17, 15) is 9.59 Å². The summed E-state index contributed by atoms with van der Waals surface area (Å²) in [4.78, 5) is 21.8. The van der Waals surface area contributed by atoms with Crippen LogP contribution in [0.3, 0.4) is 0 Å². The zero-order valence-corrected chi connectivity index (χ0v) is 8.34. The van der Waals surface area contributed by atoms with Crippen molar-refractivity contribution in [2.45, 2.75) is 13.3 Å². The van der Waals surface area contributed by atoms with Crippen molar-refractivity contribution in [3.8, 4) is 0 Å². The monoisotopic (exact) mass is 200 g/mol. The van der Waals surface area contributed by atoms with Crippen LogP contribution in [0, 0.1) is 0 Å². The molecule has 0 aliphatic rings. The Bertz CT molecular complexity index is 204. The van der Waals surface area contributed by atoms with Crippen LogP contribution >= 0.6 is 0 Å². The quantitative estimate of drug-likeness (QED) is 0.371. The van der Waals surface area contributed by atoms with E-state index < -0.39 is 5.97 Å². The van der Waals surface area contributed by atoms with Crippen molar-refractivity contribution in [3.05, 3.63) is 12.7 Å². The first-order valence-corrected chi connectivity index (χ1v) is 4.49. The minimum atomic E-state index is -0.439. The number of amides is 2. The van der Waals surface area contributed by atoms with E-state index in [0.717, 1.165) is 0 Å². The van der Waals surface area contributed by atoms with Gasteiger partial charge in [-0.1, -0.05) is 6.08 Å². The second kappa shape index (κ2) is 8.10. The molecule has 2 N–H and O–H groups in total. The standard InChI is InChI=1S/C9H16N2O3/c1-3-5-6-10-9(13)11-7-8(12)14-4-2/h3H,1,4-7H2,2H3,(H2,10,11,13). The number of nitrogens with one attached hydrogen (secondary N) is 2. The highest BCUT2D eigenvalue weighted by molar-refractivity contribution is 5.80. The fourth-order valence-electron chi connectivity index (χ4n) is 0.715. The number of rotatable bonds is 6. The Balaban J connectivity index is 3.43. The van der Waals surface area contributed by atoms with E-state index in [0.29, 0.717) is 19.6 Å². The summed E-state index contributed by atoms with van der Waals surface area (Å²) in [6.07, 6.45) is 2.40. The van der Waals surface area contributed by atoms with Gasteiger partial charge in [0.1, 0.15) is 6.54 Å². The minimum Gasteiger partial charge on any atom is -0.465 e. The van der Waals surface area contributed by atoms with Crippen LogP contribution in [0.2, 0.25) is 0 Å². The summed E-state index contributed by atoms with van der Waals surface area (Å²) < 4.78 is 4.62. The van der Waals surface area contributed by atoms with Gasteiger partial charge >= 0.3 is 12.0 Å². The molecule has 0 saturated heterocycles. The van der Waals surface area contributed by atoms with Crippen LogP contribution in [-0.4, -0.2) is 31.7 Å². The number of hydrogen-bond acceptors (Lipinski definition) is 3. The molecular weight excluding hydrogens is 184 g/mol. The summed E-state index contributed by atoms with van der Waals surface area (Å²) in [5.41, 5.74) is 0. The van der Waals surface area contributed by atoms with Crippen molar-refractivity contribution in [2.24, 2.45) is 0 Å². The van der Waals surface area contributed by atoms with Crippen LogP contribution in [0.4, 0.5) is 4.79 Å². The molecule has 0 aliphatic heterocycles. The Labute approximate surface area is 83.5 Å². The first-order valence-electron chi connectivity index (χ1n) is 4.49. The summed E-state index contributed by atoms with van der Waals surface area (Å²) in [5.74, 6) is -0.439. The van der Waals surface area contributed by atoms with Gasteiger partial charge in [-0.2, -0.15) is 0 Å². The fourth-order valence-corrected chi connectivity index (χ4v) is 0.715. The Morgan fingerprint density at radius 2 is 2.14 bits per heavy atom. The van der Waals surface area contributed by atoms with Crippen LogP contribution < -0.4 is 10.6 Å². The summed E-state index contributed by atoms with van der Waals surface area (Å²) in [6.45, 7) is 5.95. The van der Waals surface area contributed by atoms with Gasteiger partial charge in [0.2, 0.25) is 0 Å². The first kappa shape index (κ1) is 12.5. The van der Waals surface area contributed by atoms with Crippen molar-refractivity contribution >= 4 is 12.0 Å². The molecule has 0 bridgehead atoms. The maximum Gasteiger partial charge on any atom is 0.325 e. The summed E-state index contributed by atoms with van der Waals surface area (Å²) in [7, 11) is 0. The number of carbonyl (C=O) groups excluding carboxylic acids is 2. The van der Waals surface area contributed by atoms with Gasteiger partial charge in [0.25, 0.3) is 0 Å². The van der Waals surface area contributed by atoms with Crippen LogP contribution in [-0.2, 0) is 9.53 Å². The predicted molar refractivity (Wildman–Crippen MR) is 52.8 cm³/mol. The van der Waals surface area contributed by atoms with Crippen LogP contribution in [0.1, 0.15) is 13.3 Å². The molecule has 0 fully saturated rings. The van der Waals surface area contributed by atoms with Crippen LogP contribution in [0.25, 0.3) is 0 Å². The largest absolute Gasteiger partial charge is 0.465 e. The Hall–Kier alpha value is -1.52. The number of esters is 1. The lowest BCUT2D eigenvalue weighted by Gasteiger charge is -2.05. The van der Waals surface area contributed by atoms with Gasteiger partial charge in [0.15, 0.2) is 0 Å². The van der Waals surface area contributed by atoms with Crippen molar-refractivity contribution in [2.75, 3.05) is 19.7 Å². The smallest absolute Gasteiger partial charge is 0.325 e. The van der Waals surface area contributed by atoms with Gasteiger partial charge in [0.05, 0.1) is 6.61 Å². The molecule has 14 heavy (non-hydrogen) atoms. The van der Waals surface area contributed by atoms with Crippen molar-refractivity contribution in [3.63, 3.8) is 0 Å². The molecule has 0 aromatic heterocycles. The molecule has 0 aromatic rings. The molecule has 80 valence electrons. The van der Waals surface area contributed by atoms with Crippen molar-refractivity contribution in [1.29, 1.82) is 0 Å². The zero-order chi connectivity index (χ0) is 10.8. The molecule has 5 heteroatoms. The van der Waals surface area contributed by atoms with Gasteiger partial charge in [0, 0.05) is 6.54 Å². The SMILES string of the molecule is C=CCCNC(=O)NCC(=O)OCC. The van der Waals surface area contributed by atoms with Gasteiger partial charge < -0.3 is 15.4 Å². The average Bonchev–Trinajstić information content (AvgIpc) is 2.16. The highest BCUT2D eigenvalue weighted by atomic mass is 16.5. The molecule has 5 nitrogen and oxygen atoms in total. The lowest BCUT2D eigenvalue weighted by Crippen LogP contribution is -2.39. The van der Waals surface area contributed by atoms with Gasteiger partial charge in [-0.15, -0.1) is 6.58 Å². The molecule has 0 radical (unpaired) electrons. The molecule has 0 rings (SSSR count).